The third-order valence-electron chi connectivity index (χ3n) is 2.50. The van der Waals surface area contributed by atoms with Crippen LogP contribution in [0.1, 0.15) is 4.88 Å². The first-order valence-corrected chi connectivity index (χ1v) is 6.83. The Kier molecular flexibility index (Phi) is 4.70. The lowest BCUT2D eigenvalue weighted by molar-refractivity contribution is -0.116. The number of rotatable bonds is 5. The second-order valence-corrected chi connectivity index (χ2v) is 5.05. The Morgan fingerprint density at radius 2 is 2.00 bits per heavy atom. The summed E-state index contributed by atoms with van der Waals surface area (Å²) >= 11 is 1.66. The number of carbonyl (C=O) groups is 1. The van der Waals surface area contributed by atoms with Crippen molar-refractivity contribution in [1.29, 1.82) is 0 Å². The van der Waals surface area contributed by atoms with Crippen molar-refractivity contribution in [3.8, 4) is 10.4 Å². The smallest absolute Gasteiger partial charge is 0.244 e. The fourth-order valence-electron chi connectivity index (χ4n) is 1.59. The van der Waals surface area contributed by atoms with Crippen LogP contribution in [-0.2, 0) is 4.79 Å². The molecule has 1 aromatic carbocycles. The van der Waals surface area contributed by atoms with E-state index in [9.17, 15) is 4.79 Å². The summed E-state index contributed by atoms with van der Waals surface area (Å²) in [7, 11) is 0. The molecule has 2 aromatic rings. The molecule has 0 aliphatic carbocycles. The van der Waals surface area contributed by atoms with Crippen LogP contribution in [-0.4, -0.2) is 12.5 Å². The molecule has 0 unspecified atom stereocenters. The number of thiophene rings is 1. The van der Waals surface area contributed by atoms with Gasteiger partial charge in [0.05, 0.1) is 0 Å². The monoisotopic (exact) mass is 269 g/mol. The minimum absolute atomic E-state index is 0.102. The third-order valence-corrected chi connectivity index (χ3v) is 3.60. The number of benzene rings is 1. The van der Waals surface area contributed by atoms with Gasteiger partial charge in [0.2, 0.25) is 5.91 Å². The number of hydrogen-bond acceptors (Lipinski definition) is 2. The van der Waals surface area contributed by atoms with Crippen molar-refractivity contribution in [2.75, 3.05) is 6.54 Å². The molecule has 0 saturated heterocycles. The molecular formula is C16H15NOS. The molecule has 96 valence electrons. The van der Waals surface area contributed by atoms with Gasteiger partial charge < -0.3 is 5.32 Å². The summed E-state index contributed by atoms with van der Waals surface area (Å²) in [5.74, 6) is -0.102. The van der Waals surface area contributed by atoms with Gasteiger partial charge in [0.15, 0.2) is 0 Å². The van der Waals surface area contributed by atoms with E-state index in [1.165, 1.54) is 10.4 Å². The summed E-state index contributed by atoms with van der Waals surface area (Å²) in [5.41, 5.74) is 1.20. The van der Waals surface area contributed by atoms with Crippen LogP contribution in [0.25, 0.3) is 16.5 Å². The van der Waals surface area contributed by atoms with Crippen LogP contribution in [0.4, 0.5) is 0 Å². The second kappa shape index (κ2) is 6.71. The molecule has 1 amide bonds. The fourth-order valence-corrected chi connectivity index (χ4v) is 2.51. The molecule has 1 aromatic heterocycles. The highest BCUT2D eigenvalue weighted by molar-refractivity contribution is 7.16. The summed E-state index contributed by atoms with van der Waals surface area (Å²) in [5, 5.41) is 2.70. The van der Waals surface area contributed by atoms with Gasteiger partial charge in [-0.1, -0.05) is 36.4 Å². The normalized spacial score (nSPS) is 10.5. The molecule has 2 rings (SSSR count). The summed E-state index contributed by atoms with van der Waals surface area (Å²) in [6, 6.07) is 14.3. The average Bonchev–Trinajstić information content (AvgIpc) is 2.93. The zero-order valence-electron chi connectivity index (χ0n) is 10.5. The van der Waals surface area contributed by atoms with Crippen molar-refractivity contribution in [2.45, 2.75) is 0 Å². The van der Waals surface area contributed by atoms with Crippen LogP contribution in [0.3, 0.4) is 0 Å². The Morgan fingerprint density at radius 1 is 1.21 bits per heavy atom. The number of amides is 1. The van der Waals surface area contributed by atoms with Gasteiger partial charge in [-0.15, -0.1) is 17.9 Å². The fraction of sp³-hybridized carbons (Fsp3) is 0.0625. The van der Waals surface area contributed by atoms with Crippen molar-refractivity contribution in [3.05, 3.63) is 66.1 Å². The first-order valence-electron chi connectivity index (χ1n) is 6.01. The number of carbonyl (C=O) groups excluding carboxylic acids is 1. The summed E-state index contributed by atoms with van der Waals surface area (Å²) in [4.78, 5) is 13.7. The van der Waals surface area contributed by atoms with Gasteiger partial charge in [0, 0.05) is 22.4 Å². The quantitative estimate of drug-likeness (QED) is 0.650. The van der Waals surface area contributed by atoms with Crippen LogP contribution in [0.15, 0.2) is 61.2 Å². The average molecular weight is 269 g/mol. The van der Waals surface area contributed by atoms with Gasteiger partial charge >= 0.3 is 0 Å². The maximum atomic E-state index is 11.4. The Hall–Kier alpha value is -2.13. The molecule has 3 heteroatoms. The Morgan fingerprint density at radius 3 is 2.74 bits per heavy atom. The van der Waals surface area contributed by atoms with Gasteiger partial charge in [-0.25, -0.2) is 0 Å². The largest absolute Gasteiger partial charge is 0.349 e. The predicted octanol–water partition coefficient (Wildman–Crippen LogP) is 3.73. The van der Waals surface area contributed by atoms with Crippen molar-refractivity contribution >= 4 is 23.3 Å². The summed E-state index contributed by atoms with van der Waals surface area (Å²) in [6.45, 7) is 4.04. The first-order chi connectivity index (χ1) is 9.29. The van der Waals surface area contributed by atoms with Gasteiger partial charge in [-0.3, -0.25) is 4.79 Å². The molecule has 2 nitrogen and oxygen atoms in total. The molecule has 0 atom stereocenters. The molecule has 0 aliphatic heterocycles. The first kappa shape index (κ1) is 13.3. The second-order valence-electron chi connectivity index (χ2n) is 3.94. The van der Waals surface area contributed by atoms with E-state index in [1.54, 1.807) is 23.5 Å². The van der Waals surface area contributed by atoms with Crippen LogP contribution < -0.4 is 5.32 Å². The minimum Gasteiger partial charge on any atom is -0.349 e. The molecular weight excluding hydrogens is 254 g/mol. The zero-order valence-corrected chi connectivity index (χ0v) is 11.3. The highest BCUT2D eigenvalue weighted by atomic mass is 32.1. The standard InChI is InChI=1S/C16H15NOS/c1-2-12-17-16(18)11-9-14-8-10-15(19-14)13-6-4-3-5-7-13/h2-11H,1,12H2,(H,17,18)/b11-9+. The van der Waals surface area contributed by atoms with E-state index in [2.05, 4.69) is 30.1 Å². The van der Waals surface area contributed by atoms with Crippen molar-refractivity contribution < 1.29 is 4.79 Å². The van der Waals surface area contributed by atoms with E-state index >= 15 is 0 Å². The Labute approximate surface area is 117 Å². The van der Waals surface area contributed by atoms with Crippen LogP contribution in [0, 0.1) is 0 Å². The Bertz CT molecular complexity index is 584. The minimum atomic E-state index is -0.102. The van der Waals surface area contributed by atoms with Crippen LogP contribution >= 0.6 is 11.3 Å². The SMILES string of the molecule is C=CCNC(=O)/C=C/c1ccc(-c2ccccc2)s1. The molecule has 0 saturated carbocycles. The molecule has 0 fully saturated rings. The van der Waals surface area contributed by atoms with E-state index in [0.717, 1.165) is 4.88 Å². The molecule has 0 radical (unpaired) electrons. The van der Waals surface area contributed by atoms with Crippen molar-refractivity contribution in [3.63, 3.8) is 0 Å². The predicted molar refractivity (Wildman–Crippen MR) is 82.0 cm³/mol. The Balaban J connectivity index is 2.04. The van der Waals surface area contributed by atoms with Crippen LogP contribution in [0.5, 0.6) is 0 Å². The molecule has 1 N–H and O–H groups in total. The topological polar surface area (TPSA) is 29.1 Å². The summed E-state index contributed by atoms with van der Waals surface area (Å²) in [6.07, 6.45) is 5.03. The molecule has 0 aliphatic rings. The van der Waals surface area contributed by atoms with E-state index in [4.69, 9.17) is 0 Å². The van der Waals surface area contributed by atoms with Gasteiger partial charge in [-0.05, 0) is 23.8 Å². The highest BCUT2D eigenvalue weighted by Crippen LogP contribution is 2.28. The lowest BCUT2D eigenvalue weighted by atomic mass is 10.2. The van der Waals surface area contributed by atoms with Gasteiger partial charge in [0.25, 0.3) is 0 Å². The van der Waals surface area contributed by atoms with Crippen molar-refractivity contribution in [1.82, 2.24) is 5.32 Å². The van der Waals surface area contributed by atoms with E-state index in [-0.39, 0.29) is 5.91 Å². The molecule has 0 bridgehead atoms. The lowest BCUT2D eigenvalue weighted by Gasteiger charge is -1.95. The zero-order chi connectivity index (χ0) is 13.5. The van der Waals surface area contributed by atoms with Crippen molar-refractivity contribution in [2.24, 2.45) is 0 Å². The summed E-state index contributed by atoms with van der Waals surface area (Å²) < 4.78 is 0. The number of nitrogens with one attached hydrogen (secondary N) is 1. The number of hydrogen-bond donors (Lipinski definition) is 1. The lowest BCUT2D eigenvalue weighted by Crippen LogP contribution is -2.20. The molecule has 0 spiro atoms. The van der Waals surface area contributed by atoms with E-state index in [1.807, 2.05) is 30.3 Å². The molecule has 19 heavy (non-hydrogen) atoms. The van der Waals surface area contributed by atoms with Crippen LogP contribution in [0.2, 0.25) is 0 Å². The highest BCUT2D eigenvalue weighted by Gasteiger charge is 2.00. The van der Waals surface area contributed by atoms with E-state index in [0.29, 0.717) is 6.54 Å². The maximum Gasteiger partial charge on any atom is 0.244 e. The van der Waals surface area contributed by atoms with Gasteiger partial charge in [-0.2, -0.15) is 0 Å². The van der Waals surface area contributed by atoms with E-state index < -0.39 is 0 Å². The van der Waals surface area contributed by atoms with Gasteiger partial charge in [0.1, 0.15) is 0 Å². The maximum absolute atomic E-state index is 11.4. The molecule has 1 heterocycles. The third kappa shape index (κ3) is 3.93.